The summed E-state index contributed by atoms with van der Waals surface area (Å²) in [6.45, 7) is 5.64. The highest BCUT2D eigenvalue weighted by Gasteiger charge is 2.14. The van der Waals surface area contributed by atoms with E-state index in [0.29, 0.717) is 6.54 Å². The van der Waals surface area contributed by atoms with Crippen molar-refractivity contribution in [2.75, 3.05) is 19.4 Å². The average Bonchev–Trinajstić information content (AvgIpc) is 2.97. The van der Waals surface area contributed by atoms with Gasteiger partial charge in [-0.05, 0) is 49.4 Å². The van der Waals surface area contributed by atoms with E-state index >= 15 is 0 Å². The van der Waals surface area contributed by atoms with Crippen molar-refractivity contribution in [3.63, 3.8) is 0 Å². The number of thioether (sulfide) groups is 1. The van der Waals surface area contributed by atoms with Crippen LogP contribution in [-0.4, -0.2) is 45.7 Å². The van der Waals surface area contributed by atoms with Crippen LogP contribution in [-0.2, 0) is 13.6 Å². The van der Waals surface area contributed by atoms with E-state index in [1.807, 2.05) is 27.0 Å². The number of rotatable bonds is 10. The van der Waals surface area contributed by atoms with Crippen LogP contribution in [0.1, 0.15) is 25.8 Å². The van der Waals surface area contributed by atoms with E-state index in [2.05, 4.69) is 42.8 Å². The SMILES string of the molecule is COc1cc(Br)cc(CNCCCSc2nnnn2C)c1OC(C)C. The third-order valence-electron chi connectivity index (χ3n) is 3.30. The van der Waals surface area contributed by atoms with Gasteiger partial charge in [0.25, 0.3) is 0 Å². The van der Waals surface area contributed by atoms with Crippen molar-refractivity contribution >= 4 is 27.7 Å². The van der Waals surface area contributed by atoms with Crippen LogP contribution in [0.25, 0.3) is 0 Å². The molecule has 9 heteroatoms. The van der Waals surface area contributed by atoms with Gasteiger partial charge in [-0.15, -0.1) is 5.10 Å². The molecule has 2 rings (SSSR count). The molecule has 7 nitrogen and oxygen atoms in total. The van der Waals surface area contributed by atoms with Crippen molar-refractivity contribution in [2.45, 2.75) is 38.1 Å². The Morgan fingerprint density at radius 3 is 2.80 bits per heavy atom. The van der Waals surface area contributed by atoms with Gasteiger partial charge < -0.3 is 14.8 Å². The summed E-state index contributed by atoms with van der Waals surface area (Å²) in [6.07, 6.45) is 1.11. The van der Waals surface area contributed by atoms with Gasteiger partial charge in [0.05, 0.1) is 13.2 Å². The molecule has 2 aromatic rings. The van der Waals surface area contributed by atoms with Gasteiger partial charge in [0.1, 0.15) is 0 Å². The summed E-state index contributed by atoms with van der Waals surface area (Å²) < 4.78 is 14.1. The van der Waals surface area contributed by atoms with Gasteiger partial charge in [0, 0.05) is 29.4 Å². The summed E-state index contributed by atoms with van der Waals surface area (Å²) in [5.41, 5.74) is 1.07. The molecule has 0 saturated heterocycles. The lowest BCUT2D eigenvalue weighted by molar-refractivity contribution is 0.227. The molecule has 0 atom stereocenters. The Labute approximate surface area is 161 Å². The third-order valence-corrected chi connectivity index (χ3v) is 4.85. The van der Waals surface area contributed by atoms with Crippen LogP contribution in [0.3, 0.4) is 0 Å². The largest absolute Gasteiger partial charge is 0.493 e. The molecule has 0 aliphatic carbocycles. The Kier molecular flexibility index (Phi) is 7.98. The van der Waals surface area contributed by atoms with Crippen LogP contribution in [0.4, 0.5) is 0 Å². The second-order valence-electron chi connectivity index (χ2n) is 5.73. The molecule has 25 heavy (non-hydrogen) atoms. The maximum atomic E-state index is 5.95. The summed E-state index contributed by atoms with van der Waals surface area (Å²) in [5.74, 6) is 2.50. The van der Waals surface area contributed by atoms with Gasteiger partial charge >= 0.3 is 0 Å². The minimum atomic E-state index is 0.0882. The molecule has 0 unspecified atom stereocenters. The van der Waals surface area contributed by atoms with E-state index in [-0.39, 0.29) is 6.10 Å². The fraction of sp³-hybridized carbons (Fsp3) is 0.562. The Bertz CT molecular complexity index is 681. The lowest BCUT2D eigenvalue weighted by Gasteiger charge is -2.18. The number of halogens is 1. The second kappa shape index (κ2) is 9.98. The van der Waals surface area contributed by atoms with E-state index in [9.17, 15) is 0 Å². The Balaban J connectivity index is 1.85. The molecule has 0 aliphatic rings. The standard InChI is InChI=1S/C16H24BrN5O2S/c1-11(2)24-15-12(8-13(17)9-14(15)23-4)10-18-6-5-7-25-16-19-20-21-22(16)3/h8-9,11,18H,5-7,10H2,1-4H3. The number of benzene rings is 1. The molecule has 138 valence electrons. The first-order chi connectivity index (χ1) is 12.0. The number of aromatic nitrogens is 4. The fourth-order valence-corrected chi connectivity index (χ4v) is 3.48. The van der Waals surface area contributed by atoms with Crippen LogP contribution >= 0.6 is 27.7 Å². The number of tetrazole rings is 1. The van der Waals surface area contributed by atoms with Crippen LogP contribution in [0.2, 0.25) is 0 Å². The summed E-state index contributed by atoms with van der Waals surface area (Å²) in [4.78, 5) is 0. The predicted molar refractivity (Wildman–Crippen MR) is 102 cm³/mol. The molecule has 0 spiro atoms. The molecule has 0 fully saturated rings. The lowest BCUT2D eigenvalue weighted by Crippen LogP contribution is -2.17. The highest BCUT2D eigenvalue weighted by atomic mass is 79.9. The van der Waals surface area contributed by atoms with E-state index < -0.39 is 0 Å². The van der Waals surface area contributed by atoms with Gasteiger partial charge in [-0.25, -0.2) is 4.68 Å². The van der Waals surface area contributed by atoms with Crippen LogP contribution < -0.4 is 14.8 Å². The maximum absolute atomic E-state index is 5.95. The molecule has 0 radical (unpaired) electrons. The van der Waals surface area contributed by atoms with Gasteiger partial charge in [0.2, 0.25) is 5.16 Å². The van der Waals surface area contributed by atoms with Crippen molar-refractivity contribution in [2.24, 2.45) is 7.05 Å². The molecular formula is C16H24BrN5O2S. The van der Waals surface area contributed by atoms with E-state index in [1.54, 1.807) is 23.6 Å². The zero-order valence-electron chi connectivity index (χ0n) is 15.0. The predicted octanol–water partition coefficient (Wildman–Crippen LogP) is 3.04. The lowest BCUT2D eigenvalue weighted by atomic mass is 10.1. The number of aryl methyl sites for hydroxylation is 1. The zero-order chi connectivity index (χ0) is 18.2. The third kappa shape index (κ3) is 6.16. The van der Waals surface area contributed by atoms with Crippen molar-refractivity contribution in [1.82, 2.24) is 25.5 Å². The highest BCUT2D eigenvalue weighted by Crippen LogP contribution is 2.35. The maximum Gasteiger partial charge on any atom is 0.209 e. The summed E-state index contributed by atoms with van der Waals surface area (Å²) in [6, 6.07) is 3.99. The van der Waals surface area contributed by atoms with E-state index in [4.69, 9.17) is 9.47 Å². The first-order valence-electron chi connectivity index (χ1n) is 8.10. The number of hydrogen-bond donors (Lipinski definition) is 1. The number of nitrogens with one attached hydrogen (secondary N) is 1. The van der Waals surface area contributed by atoms with Crippen molar-refractivity contribution < 1.29 is 9.47 Å². The van der Waals surface area contributed by atoms with Crippen molar-refractivity contribution in [1.29, 1.82) is 0 Å². The van der Waals surface area contributed by atoms with Gasteiger partial charge in [-0.3, -0.25) is 0 Å². The molecule has 1 aromatic heterocycles. The van der Waals surface area contributed by atoms with Crippen LogP contribution in [0, 0.1) is 0 Å². The summed E-state index contributed by atoms with van der Waals surface area (Å²) >= 11 is 5.18. The molecule has 0 aliphatic heterocycles. The van der Waals surface area contributed by atoms with Crippen molar-refractivity contribution in [3.05, 3.63) is 22.2 Å². The quantitative estimate of drug-likeness (QED) is 0.459. The van der Waals surface area contributed by atoms with E-state index in [1.165, 1.54) is 0 Å². The fourth-order valence-electron chi connectivity index (χ4n) is 2.20. The molecule has 0 bridgehead atoms. The molecule has 1 heterocycles. The monoisotopic (exact) mass is 429 g/mol. The van der Waals surface area contributed by atoms with Gasteiger partial charge in [-0.2, -0.15) is 0 Å². The van der Waals surface area contributed by atoms with Crippen LogP contribution in [0.5, 0.6) is 11.5 Å². The summed E-state index contributed by atoms with van der Waals surface area (Å²) in [7, 11) is 3.50. The number of ether oxygens (including phenoxy) is 2. The van der Waals surface area contributed by atoms with Crippen LogP contribution in [0.15, 0.2) is 21.8 Å². The Morgan fingerprint density at radius 2 is 2.16 bits per heavy atom. The minimum absolute atomic E-state index is 0.0882. The smallest absolute Gasteiger partial charge is 0.209 e. The molecule has 0 amide bonds. The van der Waals surface area contributed by atoms with Crippen molar-refractivity contribution in [3.8, 4) is 11.5 Å². The van der Waals surface area contributed by atoms with Gasteiger partial charge in [0.15, 0.2) is 11.5 Å². The molecular weight excluding hydrogens is 406 g/mol. The minimum Gasteiger partial charge on any atom is -0.493 e. The Morgan fingerprint density at radius 1 is 1.36 bits per heavy atom. The first kappa shape index (κ1) is 20.0. The summed E-state index contributed by atoms with van der Waals surface area (Å²) in [5, 5.41) is 15.7. The molecule has 1 aromatic carbocycles. The first-order valence-corrected chi connectivity index (χ1v) is 9.88. The topological polar surface area (TPSA) is 74.1 Å². The number of methoxy groups -OCH3 is 1. The zero-order valence-corrected chi connectivity index (χ0v) is 17.4. The Hall–Kier alpha value is -1.32. The molecule has 1 N–H and O–H groups in total. The highest BCUT2D eigenvalue weighted by molar-refractivity contribution is 9.10. The number of nitrogens with zero attached hydrogens (tertiary/aromatic N) is 4. The van der Waals surface area contributed by atoms with Gasteiger partial charge in [-0.1, -0.05) is 27.7 Å². The number of hydrogen-bond acceptors (Lipinski definition) is 7. The average molecular weight is 430 g/mol. The van der Waals surface area contributed by atoms with E-state index in [0.717, 1.165) is 45.4 Å². The molecule has 0 saturated carbocycles. The normalized spacial score (nSPS) is 11.1. The second-order valence-corrected chi connectivity index (χ2v) is 7.70.